The molecule has 0 bridgehead atoms. The Kier molecular flexibility index (Phi) is 4.48. The Balaban J connectivity index is 1.74. The number of fused-ring (bicyclic) bond motifs is 1. The quantitative estimate of drug-likeness (QED) is 0.759. The molecular weight excluding hydrogens is 292 g/mol. The summed E-state index contributed by atoms with van der Waals surface area (Å²) in [5, 5.41) is 9.94. The molecule has 2 aromatic carbocycles. The van der Waals surface area contributed by atoms with Gasteiger partial charge >= 0.3 is 0 Å². The molecule has 1 unspecified atom stereocenters. The van der Waals surface area contributed by atoms with Crippen molar-refractivity contribution in [2.45, 2.75) is 19.6 Å². The average molecular weight is 312 g/mol. The van der Waals surface area contributed by atoms with Gasteiger partial charge in [-0.25, -0.2) is 4.98 Å². The molecule has 0 spiro atoms. The summed E-state index contributed by atoms with van der Waals surface area (Å²) in [6.07, 6.45) is -0.622. The summed E-state index contributed by atoms with van der Waals surface area (Å²) in [5.74, 6) is 2.24. The second kappa shape index (κ2) is 6.71. The van der Waals surface area contributed by atoms with Crippen LogP contribution in [0.25, 0.3) is 11.0 Å². The highest BCUT2D eigenvalue weighted by Gasteiger charge is 2.14. The van der Waals surface area contributed by atoms with Gasteiger partial charge in [0.05, 0.1) is 24.7 Å². The zero-order valence-electron chi connectivity index (χ0n) is 13.3. The van der Waals surface area contributed by atoms with Crippen LogP contribution in [0.15, 0.2) is 48.5 Å². The first-order valence-corrected chi connectivity index (χ1v) is 7.59. The molecule has 0 amide bonds. The summed E-state index contributed by atoms with van der Waals surface area (Å²) in [4.78, 5) is 4.50. The molecule has 3 aromatic rings. The minimum atomic E-state index is -0.622. The predicted molar refractivity (Wildman–Crippen MR) is 88.9 cm³/mol. The lowest BCUT2D eigenvalue weighted by Crippen LogP contribution is -2.12. The number of rotatable bonds is 6. The maximum Gasteiger partial charge on any atom is 0.138 e. The molecule has 1 heterocycles. The van der Waals surface area contributed by atoms with E-state index in [0.717, 1.165) is 22.5 Å². The lowest BCUT2D eigenvalue weighted by atomic mass is 10.3. The molecule has 1 N–H and O–H groups in total. The van der Waals surface area contributed by atoms with Crippen LogP contribution in [0, 0.1) is 0 Å². The van der Waals surface area contributed by atoms with Crippen molar-refractivity contribution in [2.75, 3.05) is 13.7 Å². The number of ether oxygens (including phenoxy) is 2. The van der Waals surface area contributed by atoms with Gasteiger partial charge in [-0.3, -0.25) is 0 Å². The van der Waals surface area contributed by atoms with Gasteiger partial charge in [0.2, 0.25) is 0 Å². The molecule has 1 atom stereocenters. The van der Waals surface area contributed by atoms with Gasteiger partial charge in [0, 0.05) is 0 Å². The topological polar surface area (TPSA) is 56.5 Å². The number of para-hydroxylation sites is 2. The molecule has 0 aliphatic heterocycles. The first-order valence-electron chi connectivity index (χ1n) is 7.59. The van der Waals surface area contributed by atoms with Crippen LogP contribution in [0.3, 0.4) is 0 Å². The highest BCUT2D eigenvalue weighted by molar-refractivity contribution is 5.76. The fourth-order valence-electron chi connectivity index (χ4n) is 2.57. The molecule has 120 valence electrons. The fourth-order valence-corrected chi connectivity index (χ4v) is 2.57. The Morgan fingerprint density at radius 3 is 2.48 bits per heavy atom. The normalized spacial score (nSPS) is 12.3. The van der Waals surface area contributed by atoms with Crippen LogP contribution >= 0.6 is 0 Å². The Hall–Kier alpha value is -2.53. The maximum absolute atomic E-state index is 9.94. The van der Waals surface area contributed by atoms with Crippen molar-refractivity contribution in [3.63, 3.8) is 0 Å². The molecule has 0 aliphatic rings. The van der Waals surface area contributed by atoms with Crippen LogP contribution in [0.1, 0.15) is 18.9 Å². The van der Waals surface area contributed by atoms with Gasteiger partial charge < -0.3 is 19.1 Å². The van der Waals surface area contributed by atoms with E-state index in [1.165, 1.54) is 0 Å². The smallest absolute Gasteiger partial charge is 0.138 e. The Labute approximate surface area is 135 Å². The summed E-state index contributed by atoms with van der Waals surface area (Å²) in [7, 11) is 1.64. The van der Waals surface area contributed by atoms with Crippen LogP contribution in [-0.2, 0) is 6.54 Å². The third-order valence-corrected chi connectivity index (χ3v) is 3.70. The van der Waals surface area contributed by atoms with Gasteiger partial charge in [-0.05, 0) is 43.3 Å². The molecule has 5 heteroatoms. The molecular formula is C18H20N2O3. The predicted octanol–water partition coefficient (Wildman–Crippen LogP) is 3.18. The zero-order valence-corrected chi connectivity index (χ0v) is 13.3. The first kappa shape index (κ1) is 15.4. The SMILES string of the molecule is COc1ccc(OCCn2c(C(C)O)nc3ccccc32)cc1. The molecule has 3 rings (SSSR count). The van der Waals surface area contributed by atoms with Crippen molar-refractivity contribution >= 4 is 11.0 Å². The Morgan fingerprint density at radius 1 is 1.09 bits per heavy atom. The molecule has 5 nitrogen and oxygen atoms in total. The molecule has 0 radical (unpaired) electrons. The van der Waals surface area contributed by atoms with E-state index in [1.807, 2.05) is 53.1 Å². The van der Waals surface area contributed by atoms with Crippen molar-refractivity contribution in [1.82, 2.24) is 9.55 Å². The van der Waals surface area contributed by atoms with Crippen LogP contribution in [0.4, 0.5) is 0 Å². The number of benzene rings is 2. The summed E-state index contributed by atoms with van der Waals surface area (Å²) in [6.45, 7) is 2.83. The van der Waals surface area contributed by atoms with E-state index >= 15 is 0 Å². The molecule has 23 heavy (non-hydrogen) atoms. The Bertz CT molecular complexity index is 779. The van der Waals surface area contributed by atoms with E-state index in [2.05, 4.69) is 4.98 Å². The fraction of sp³-hybridized carbons (Fsp3) is 0.278. The van der Waals surface area contributed by atoms with E-state index in [-0.39, 0.29) is 0 Å². The van der Waals surface area contributed by atoms with Crippen molar-refractivity contribution in [3.8, 4) is 11.5 Å². The summed E-state index contributed by atoms with van der Waals surface area (Å²) in [6, 6.07) is 15.3. The number of aliphatic hydroxyl groups is 1. The molecule has 0 fully saturated rings. The first-order chi connectivity index (χ1) is 11.2. The Morgan fingerprint density at radius 2 is 1.78 bits per heavy atom. The van der Waals surface area contributed by atoms with Gasteiger partial charge in [-0.2, -0.15) is 0 Å². The number of hydrogen-bond acceptors (Lipinski definition) is 4. The third kappa shape index (κ3) is 3.29. The van der Waals surface area contributed by atoms with Gasteiger partial charge in [-0.15, -0.1) is 0 Å². The van der Waals surface area contributed by atoms with Gasteiger partial charge in [0.25, 0.3) is 0 Å². The largest absolute Gasteiger partial charge is 0.497 e. The monoisotopic (exact) mass is 312 g/mol. The number of imidazole rings is 1. The number of methoxy groups -OCH3 is 1. The van der Waals surface area contributed by atoms with Gasteiger partial charge in [-0.1, -0.05) is 12.1 Å². The second-order valence-corrected chi connectivity index (χ2v) is 5.31. The third-order valence-electron chi connectivity index (χ3n) is 3.70. The van der Waals surface area contributed by atoms with E-state index in [4.69, 9.17) is 9.47 Å². The summed E-state index contributed by atoms with van der Waals surface area (Å²) in [5.41, 5.74) is 1.88. The van der Waals surface area contributed by atoms with E-state index in [1.54, 1.807) is 14.0 Å². The standard InChI is InChI=1S/C18H20N2O3/c1-13(21)18-19-16-5-3-4-6-17(16)20(18)11-12-23-15-9-7-14(22-2)8-10-15/h3-10,13,21H,11-12H2,1-2H3. The van der Waals surface area contributed by atoms with Crippen molar-refractivity contribution < 1.29 is 14.6 Å². The van der Waals surface area contributed by atoms with E-state index in [0.29, 0.717) is 19.0 Å². The lowest BCUT2D eigenvalue weighted by Gasteiger charge is -2.12. The maximum atomic E-state index is 9.94. The highest BCUT2D eigenvalue weighted by Crippen LogP contribution is 2.21. The van der Waals surface area contributed by atoms with Gasteiger partial charge in [0.15, 0.2) is 0 Å². The van der Waals surface area contributed by atoms with Crippen LogP contribution in [0.5, 0.6) is 11.5 Å². The van der Waals surface area contributed by atoms with Crippen LogP contribution < -0.4 is 9.47 Å². The number of aromatic nitrogens is 2. The zero-order chi connectivity index (χ0) is 16.2. The van der Waals surface area contributed by atoms with Gasteiger partial charge in [0.1, 0.15) is 30.0 Å². The molecule has 0 saturated carbocycles. The van der Waals surface area contributed by atoms with Crippen molar-refractivity contribution in [1.29, 1.82) is 0 Å². The summed E-state index contributed by atoms with van der Waals surface area (Å²) >= 11 is 0. The van der Waals surface area contributed by atoms with Crippen LogP contribution in [-0.4, -0.2) is 28.4 Å². The number of hydrogen-bond donors (Lipinski definition) is 1. The van der Waals surface area contributed by atoms with Crippen molar-refractivity contribution in [2.24, 2.45) is 0 Å². The second-order valence-electron chi connectivity index (χ2n) is 5.31. The number of aliphatic hydroxyl groups excluding tert-OH is 1. The molecule has 0 saturated heterocycles. The van der Waals surface area contributed by atoms with Crippen LogP contribution in [0.2, 0.25) is 0 Å². The van der Waals surface area contributed by atoms with E-state index in [9.17, 15) is 5.11 Å². The highest BCUT2D eigenvalue weighted by atomic mass is 16.5. The van der Waals surface area contributed by atoms with E-state index < -0.39 is 6.10 Å². The average Bonchev–Trinajstić information content (AvgIpc) is 2.95. The minimum absolute atomic E-state index is 0.492. The minimum Gasteiger partial charge on any atom is -0.497 e. The molecule has 0 aliphatic carbocycles. The molecule has 1 aromatic heterocycles. The number of nitrogens with zero attached hydrogens (tertiary/aromatic N) is 2. The summed E-state index contributed by atoms with van der Waals surface area (Å²) < 4.78 is 12.9. The lowest BCUT2D eigenvalue weighted by molar-refractivity contribution is 0.181. The van der Waals surface area contributed by atoms with Crippen molar-refractivity contribution in [3.05, 3.63) is 54.4 Å².